The summed E-state index contributed by atoms with van der Waals surface area (Å²) in [4.78, 5) is 13.5. The second-order valence-electron chi connectivity index (χ2n) is 7.48. The fourth-order valence-electron chi connectivity index (χ4n) is 2.56. The molecule has 164 valence electrons. The van der Waals surface area contributed by atoms with Crippen LogP contribution >= 0.6 is 23.5 Å². The van der Waals surface area contributed by atoms with Gasteiger partial charge in [0.05, 0.1) is 10.6 Å². The van der Waals surface area contributed by atoms with Gasteiger partial charge in [0.1, 0.15) is 12.4 Å². The number of carbonyl (C=O) groups excluding carboxylic acids is 1. The lowest BCUT2D eigenvalue weighted by molar-refractivity contribution is -0.119. The van der Waals surface area contributed by atoms with Crippen LogP contribution in [0.4, 0.5) is 10.1 Å². The van der Waals surface area contributed by atoms with Crippen molar-refractivity contribution in [1.82, 2.24) is 5.32 Å². The Hall–Kier alpha value is -1.71. The highest BCUT2D eigenvalue weighted by Gasteiger charge is 2.27. The summed E-state index contributed by atoms with van der Waals surface area (Å²) in [6.45, 7) is 6.23. The normalized spacial score (nSPS) is 11.9. The van der Waals surface area contributed by atoms with E-state index < -0.39 is 28.3 Å². The van der Waals surface area contributed by atoms with Crippen LogP contribution in [-0.2, 0) is 14.8 Å². The van der Waals surface area contributed by atoms with Gasteiger partial charge < -0.3 is 5.32 Å². The van der Waals surface area contributed by atoms with Crippen LogP contribution in [0, 0.1) is 5.82 Å². The first-order valence-electron chi connectivity index (χ1n) is 9.36. The Morgan fingerprint density at radius 1 is 1.13 bits per heavy atom. The number of nitrogens with zero attached hydrogens (tertiary/aromatic N) is 1. The molecular weight excluding hydrogens is 443 g/mol. The first kappa shape index (κ1) is 24.6. The van der Waals surface area contributed by atoms with E-state index in [1.165, 1.54) is 42.1 Å². The topological polar surface area (TPSA) is 66.5 Å². The Labute approximate surface area is 186 Å². The van der Waals surface area contributed by atoms with E-state index in [-0.39, 0.29) is 15.3 Å². The van der Waals surface area contributed by atoms with Gasteiger partial charge in [-0.05, 0) is 48.7 Å². The monoisotopic (exact) mass is 470 g/mol. The molecule has 9 heteroatoms. The van der Waals surface area contributed by atoms with Crippen molar-refractivity contribution < 1.29 is 17.6 Å². The van der Waals surface area contributed by atoms with Crippen LogP contribution in [0.3, 0.4) is 0 Å². The molecule has 0 unspecified atom stereocenters. The minimum atomic E-state index is -4.05. The largest absolute Gasteiger partial charge is 0.354 e. The first-order chi connectivity index (χ1) is 14.0. The third-order valence-corrected chi connectivity index (χ3v) is 7.80. The van der Waals surface area contributed by atoms with Crippen LogP contribution < -0.4 is 9.62 Å². The number of benzene rings is 2. The van der Waals surface area contributed by atoms with Crippen LogP contribution in [0.15, 0.2) is 58.3 Å². The molecule has 0 saturated heterocycles. The van der Waals surface area contributed by atoms with E-state index in [1.54, 1.807) is 23.9 Å². The maximum absolute atomic E-state index is 13.8. The molecular formula is C21H27FN2O3S3. The maximum atomic E-state index is 13.8. The molecule has 1 N–H and O–H groups in total. The SMILES string of the molecule is CSc1ccc(S(=O)(=O)N(CC(=O)NCCSC(C)(C)C)c2cccc(F)c2)cc1. The molecule has 0 heterocycles. The summed E-state index contributed by atoms with van der Waals surface area (Å²) in [7, 11) is -4.05. The molecule has 0 aromatic heterocycles. The van der Waals surface area contributed by atoms with Crippen molar-refractivity contribution >= 4 is 45.1 Å². The van der Waals surface area contributed by atoms with Gasteiger partial charge in [-0.15, -0.1) is 11.8 Å². The standard InChI is InChI=1S/C21H27FN2O3S3/c1-21(2,3)29-13-12-23-20(25)15-24(17-7-5-6-16(22)14-17)30(26,27)19-10-8-18(28-4)9-11-19/h5-11,14H,12-13,15H2,1-4H3,(H,23,25). The second kappa shape index (κ2) is 10.5. The minimum Gasteiger partial charge on any atom is -0.354 e. The summed E-state index contributed by atoms with van der Waals surface area (Å²) in [6.07, 6.45) is 1.89. The highest BCUT2D eigenvalue weighted by Crippen LogP contribution is 2.26. The van der Waals surface area contributed by atoms with Crippen LogP contribution in [0.2, 0.25) is 0 Å². The molecule has 2 aromatic carbocycles. The first-order valence-corrected chi connectivity index (χ1v) is 13.0. The number of nitrogens with one attached hydrogen (secondary N) is 1. The number of thioether (sulfide) groups is 2. The molecule has 2 rings (SSSR count). The van der Waals surface area contributed by atoms with E-state index in [0.29, 0.717) is 12.3 Å². The lowest BCUT2D eigenvalue weighted by Gasteiger charge is -2.24. The van der Waals surface area contributed by atoms with Gasteiger partial charge in [-0.1, -0.05) is 26.8 Å². The van der Waals surface area contributed by atoms with Gasteiger partial charge in [0, 0.05) is 21.9 Å². The smallest absolute Gasteiger partial charge is 0.264 e. The molecule has 0 spiro atoms. The number of hydrogen-bond acceptors (Lipinski definition) is 5. The maximum Gasteiger partial charge on any atom is 0.264 e. The van der Waals surface area contributed by atoms with Crippen molar-refractivity contribution in [2.24, 2.45) is 0 Å². The molecule has 0 aliphatic heterocycles. The zero-order valence-electron chi connectivity index (χ0n) is 17.5. The zero-order chi connectivity index (χ0) is 22.4. The molecule has 0 atom stereocenters. The second-order valence-corrected chi connectivity index (χ2v) is 12.1. The summed E-state index contributed by atoms with van der Waals surface area (Å²) >= 11 is 3.19. The molecule has 0 aliphatic rings. The van der Waals surface area contributed by atoms with Crippen molar-refractivity contribution in [2.45, 2.75) is 35.3 Å². The quantitative estimate of drug-likeness (QED) is 0.435. The Bertz CT molecular complexity index is 958. The van der Waals surface area contributed by atoms with E-state index in [4.69, 9.17) is 0 Å². The Morgan fingerprint density at radius 2 is 1.80 bits per heavy atom. The van der Waals surface area contributed by atoms with Crippen molar-refractivity contribution in [2.75, 3.05) is 29.4 Å². The van der Waals surface area contributed by atoms with Crippen LogP contribution in [0.5, 0.6) is 0 Å². The average Bonchev–Trinajstić information content (AvgIpc) is 2.68. The number of sulfonamides is 1. The highest BCUT2D eigenvalue weighted by molar-refractivity contribution is 8.00. The van der Waals surface area contributed by atoms with E-state index in [9.17, 15) is 17.6 Å². The summed E-state index contributed by atoms with van der Waals surface area (Å²) in [6, 6.07) is 11.6. The van der Waals surface area contributed by atoms with Gasteiger partial charge in [0.25, 0.3) is 10.0 Å². The number of anilines is 1. The number of amides is 1. The summed E-state index contributed by atoms with van der Waals surface area (Å²) in [5.41, 5.74) is 0.100. The molecule has 0 bridgehead atoms. The predicted octanol–water partition coefficient (Wildman–Crippen LogP) is 4.39. The highest BCUT2D eigenvalue weighted by atomic mass is 32.2. The lowest BCUT2D eigenvalue weighted by atomic mass is 10.3. The summed E-state index contributed by atoms with van der Waals surface area (Å²) in [5, 5.41) is 2.75. The predicted molar refractivity (Wildman–Crippen MR) is 124 cm³/mol. The van der Waals surface area contributed by atoms with Gasteiger partial charge in [0.15, 0.2) is 0 Å². The summed E-state index contributed by atoms with van der Waals surface area (Å²) in [5.74, 6) is -0.316. The van der Waals surface area contributed by atoms with Gasteiger partial charge in [-0.3, -0.25) is 9.10 Å². The van der Waals surface area contributed by atoms with Crippen molar-refractivity contribution in [1.29, 1.82) is 0 Å². The number of rotatable bonds is 9. The Morgan fingerprint density at radius 3 is 2.37 bits per heavy atom. The number of halogens is 1. The molecule has 0 saturated carbocycles. The number of hydrogen-bond donors (Lipinski definition) is 1. The van der Waals surface area contributed by atoms with E-state index in [2.05, 4.69) is 26.1 Å². The van der Waals surface area contributed by atoms with Crippen LogP contribution in [0.1, 0.15) is 20.8 Å². The Kier molecular flexibility index (Phi) is 8.63. The van der Waals surface area contributed by atoms with E-state index >= 15 is 0 Å². The summed E-state index contributed by atoms with van der Waals surface area (Å²) < 4.78 is 41.3. The molecule has 30 heavy (non-hydrogen) atoms. The van der Waals surface area contributed by atoms with Gasteiger partial charge in [-0.25, -0.2) is 12.8 Å². The average molecular weight is 471 g/mol. The molecule has 5 nitrogen and oxygen atoms in total. The molecule has 0 radical (unpaired) electrons. The van der Waals surface area contributed by atoms with Gasteiger partial charge in [0.2, 0.25) is 5.91 Å². The molecule has 0 fully saturated rings. The molecule has 2 aromatic rings. The number of carbonyl (C=O) groups is 1. The third kappa shape index (κ3) is 7.21. The van der Waals surface area contributed by atoms with Gasteiger partial charge in [-0.2, -0.15) is 11.8 Å². The van der Waals surface area contributed by atoms with Crippen molar-refractivity contribution in [3.63, 3.8) is 0 Å². The fraction of sp³-hybridized carbons (Fsp3) is 0.381. The fourth-order valence-corrected chi connectivity index (χ4v) is 5.19. The minimum absolute atomic E-state index is 0.0423. The molecule has 1 amide bonds. The lowest BCUT2D eigenvalue weighted by Crippen LogP contribution is -2.41. The van der Waals surface area contributed by atoms with E-state index in [0.717, 1.165) is 15.3 Å². The third-order valence-electron chi connectivity index (χ3n) is 3.99. The van der Waals surface area contributed by atoms with E-state index in [1.807, 2.05) is 6.26 Å². The van der Waals surface area contributed by atoms with Crippen molar-refractivity contribution in [3.8, 4) is 0 Å². The van der Waals surface area contributed by atoms with Crippen LogP contribution in [0.25, 0.3) is 0 Å². The zero-order valence-corrected chi connectivity index (χ0v) is 20.0. The van der Waals surface area contributed by atoms with Gasteiger partial charge >= 0.3 is 0 Å². The van der Waals surface area contributed by atoms with Crippen molar-refractivity contribution in [3.05, 3.63) is 54.3 Å². The molecule has 0 aliphatic carbocycles. The van der Waals surface area contributed by atoms with Crippen LogP contribution in [-0.4, -0.2) is 44.2 Å². The Balaban J connectivity index is 2.23.